The highest BCUT2D eigenvalue weighted by Gasteiger charge is 2.10. The van der Waals surface area contributed by atoms with Crippen molar-refractivity contribution in [3.05, 3.63) is 54.6 Å². The van der Waals surface area contributed by atoms with Gasteiger partial charge >= 0.3 is 0 Å². The van der Waals surface area contributed by atoms with Crippen molar-refractivity contribution in [2.75, 3.05) is 37.4 Å². The summed E-state index contributed by atoms with van der Waals surface area (Å²) in [5, 5.41) is 5.53. The molecule has 0 aliphatic rings. The lowest BCUT2D eigenvalue weighted by Crippen LogP contribution is -3.10. The lowest BCUT2D eigenvalue weighted by molar-refractivity contribution is -0.871. The van der Waals surface area contributed by atoms with E-state index in [1.807, 2.05) is 37.4 Å². The van der Waals surface area contributed by atoms with Crippen LogP contribution in [0.2, 0.25) is 0 Å². The molecule has 0 aliphatic heterocycles. The summed E-state index contributed by atoms with van der Waals surface area (Å²) < 4.78 is 5.63. The molecule has 0 aromatic heterocycles. The zero-order valence-electron chi connectivity index (χ0n) is 14.5. The zero-order chi connectivity index (χ0) is 18.1. The first-order valence-corrected chi connectivity index (χ1v) is 8.19. The normalized spacial score (nSPS) is 11.4. The van der Waals surface area contributed by atoms with Crippen LogP contribution in [0.1, 0.15) is 6.92 Å². The summed E-state index contributed by atoms with van der Waals surface area (Å²) >= 11 is 0. The van der Waals surface area contributed by atoms with Crippen LogP contribution in [0, 0.1) is 0 Å². The van der Waals surface area contributed by atoms with Crippen LogP contribution >= 0.6 is 0 Å². The number of carbonyl (C=O) groups excluding carboxylic acids is 2. The minimum absolute atomic E-state index is 0.0653. The lowest BCUT2D eigenvalue weighted by Gasteiger charge is -2.14. The second-order valence-corrected chi connectivity index (χ2v) is 5.85. The summed E-state index contributed by atoms with van der Waals surface area (Å²) in [6.45, 7) is 3.08. The van der Waals surface area contributed by atoms with Gasteiger partial charge in [0.05, 0.1) is 7.05 Å². The van der Waals surface area contributed by atoms with Crippen LogP contribution in [0.25, 0.3) is 0 Å². The number of ether oxygens (including phenoxy) is 1. The van der Waals surface area contributed by atoms with Crippen LogP contribution in [0.4, 0.5) is 11.4 Å². The number of rotatable bonds is 8. The highest BCUT2D eigenvalue weighted by Crippen LogP contribution is 2.13. The second kappa shape index (κ2) is 9.44. The van der Waals surface area contributed by atoms with E-state index in [9.17, 15) is 9.59 Å². The van der Waals surface area contributed by atoms with E-state index < -0.39 is 0 Å². The number of likely N-dealkylation sites (N-methyl/N-ethyl adjacent to an activating group) is 1. The summed E-state index contributed by atoms with van der Waals surface area (Å²) in [6.07, 6.45) is 0. The van der Waals surface area contributed by atoms with E-state index in [2.05, 4.69) is 10.6 Å². The summed E-state index contributed by atoms with van der Waals surface area (Å²) in [7, 11) is 1.95. The number of hydrogen-bond donors (Lipinski definition) is 3. The number of carbonyl (C=O) groups is 2. The first-order chi connectivity index (χ1) is 12.0. The van der Waals surface area contributed by atoms with Gasteiger partial charge in [-0.15, -0.1) is 0 Å². The number of nitrogens with one attached hydrogen (secondary N) is 3. The predicted octanol–water partition coefficient (Wildman–Crippen LogP) is 1.18. The average Bonchev–Trinajstić information content (AvgIpc) is 2.57. The molecule has 0 aliphatic carbocycles. The largest absolute Gasteiger partial charge is 0.488 e. The summed E-state index contributed by atoms with van der Waals surface area (Å²) in [5.74, 6) is 0.642. The molecule has 25 heavy (non-hydrogen) atoms. The van der Waals surface area contributed by atoms with Crippen LogP contribution in [0.15, 0.2) is 54.6 Å². The molecule has 6 heteroatoms. The van der Waals surface area contributed by atoms with Crippen LogP contribution in [-0.4, -0.2) is 38.6 Å². The maximum Gasteiger partial charge on any atom is 0.279 e. The summed E-state index contributed by atoms with van der Waals surface area (Å²) in [4.78, 5) is 24.1. The minimum Gasteiger partial charge on any atom is -0.488 e. The van der Waals surface area contributed by atoms with Gasteiger partial charge in [-0.3, -0.25) is 9.59 Å². The molecule has 2 rings (SSSR count). The van der Waals surface area contributed by atoms with Crippen molar-refractivity contribution in [1.82, 2.24) is 0 Å². The number of benzene rings is 2. The lowest BCUT2D eigenvalue weighted by atomic mass is 10.2. The van der Waals surface area contributed by atoms with Gasteiger partial charge in [-0.25, -0.2) is 0 Å². The Balaban J connectivity index is 1.71. The Bertz CT molecular complexity index is 687. The van der Waals surface area contributed by atoms with E-state index in [1.165, 1.54) is 6.92 Å². The summed E-state index contributed by atoms with van der Waals surface area (Å²) in [5.41, 5.74) is 1.40. The number of hydrogen-bond acceptors (Lipinski definition) is 3. The number of amides is 2. The third-order valence-corrected chi connectivity index (χ3v) is 3.49. The van der Waals surface area contributed by atoms with Crippen LogP contribution in [0.5, 0.6) is 5.75 Å². The van der Waals surface area contributed by atoms with E-state index in [1.54, 1.807) is 24.3 Å². The van der Waals surface area contributed by atoms with E-state index >= 15 is 0 Å². The Hall–Kier alpha value is -2.86. The molecule has 0 heterocycles. The fraction of sp³-hybridized carbons (Fsp3) is 0.263. The third kappa shape index (κ3) is 7.05. The molecule has 132 valence electrons. The topological polar surface area (TPSA) is 71.9 Å². The number of para-hydroxylation sites is 1. The minimum atomic E-state index is -0.125. The number of quaternary nitrogens is 1. The second-order valence-electron chi connectivity index (χ2n) is 5.85. The van der Waals surface area contributed by atoms with Gasteiger partial charge in [0.1, 0.15) is 18.9 Å². The van der Waals surface area contributed by atoms with Crippen molar-refractivity contribution in [3.63, 3.8) is 0 Å². The molecule has 6 nitrogen and oxygen atoms in total. The van der Waals surface area contributed by atoms with Crippen molar-refractivity contribution in [2.45, 2.75) is 6.92 Å². The van der Waals surface area contributed by atoms with E-state index in [0.29, 0.717) is 24.5 Å². The molecule has 0 radical (unpaired) electrons. The molecule has 2 aromatic carbocycles. The molecular weight excluding hydrogens is 318 g/mol. The Morgan fingerprint density at radius 3 is 2.16 bits per heavy atom. The van der Waals surface area contributed by atoms with Crippen LogP contribution in [0.3, 0.4) is 0 Å². The van der Waals surface area contributed by atoms with Crippen LogP contribution in [-0.2, 0) is 9.59 Å². The van der Waals surface area contributed by atoms with Gasteiger partial charge in [0, 0.05) is 18.3 Å². The van der Waals surface area contributed by atoms with Gasteiger partial charge < -0.3 is 20.3 Å². The molecule has 0 saturated carbocycles. The standard InChI is InChI=1S/C19H23N3O3/c1-15(23)20-16-8-10-17(11-9-16)21-19(24)14-22(2)12-13-25-18-6-4-3-5-7-18/h3-11H,12-14H2,1-2H3,(H,20,23)(H,21,24)/p+1. The molecule has 0 spiro atoms. The molecular formula is C19H24N3O3+. The Morgan fingerprint density at radius 2 is 1.56 bits per heavy atom. The van der Waals surface area contributed by atoms with E-state index in [-0.39, 0.29) is 11.8 Å². The zero-order valence-corrected chi connectivity index (χ0v) is 14.5. The van der Waals surface area contributed by atoms with Crippen molar-refractivity contribution < 1.29 is 19.2 Å². The molecule has 0 saturated heterocycles. The fourth-order valence-corrected chi connectivity index (χ4v) is 2.27. The number of anilines is 2. The van der Waals surface area contributed by atoms with Gasteiger partial charge in [-0.2, -0.15) is 0 Å². The SMILES string of the molecule is CC(=O)Nc1ccc(NC(=O)C[NH+](C)CCOc2ccccc2)cc1. The Labute approximate surface area is 147 Å². The van der Waals surface area contributed by atoms with Crippen molar-refractivity contribution in [3.8, 4) is 5.75 Å². The van der Waals surface area contributed by atoms with Crippen LogP contribution < -0.4 is 20.3 Å². The molecule has 0 bridgehead atoms. The van der Waals surface area contributed by atoms with Crippen molar-refractivity contribution in [2.24, 2.45) is 0 Å². The maximum absolute atomic E-state index is 12.1. The van der Waals surface area contributed by atoms with Gasteiger partial charge in [0.15, 0.2) is 6.54 Å². The quantitative estimate of drug-likeness (QED) is 0.674. The maximum atomic E-state index is 12.1. The van der Waals surface area contributed by atoms with Gasteiger partial charge in [-0.05, 0) is 36.4 Å². The smallest absolute Gasteiger partial charge is 0.279 e. The molecule has 2 amide bonds. The molecule has 3 N–H and O–H groups in total. The highest BCUT2D eigenvalue weighted by molar-refractivity contribution is 5.92. The van der Waals surface area contributed by atoms with E-state index in [4.69, 9.17) is 4.74 Å². The van der Waals surface area contributed by atoms with E-state index in [0.717, 1.165) is 17.2 Å². The monoisotopic (exact) mass is 342 g/mol. The molecule has 0 fully saturated rings. The Morgan fingerprint density at radius 1 is 0.960 bits per heavy atom. The third-order valence-electron chi connectivity index (χ3n) is 3.49. The first-order valence-electron chi connectivity index (χ1n) is 8.19. The first kappa shape index (κ1) is 18.5. The van der Waals surface area contributed by atoms with Crippen molar-refractivity contribution >= 4 is 23.2 Å². The molecule has 1 unspecified atom stereocenters. The van der Waals surface area contributed by atoms with Gasteiger partial charge in [-0.1, -0.05) is 18.2 Å². The summed E-state index contributed by atoms with van der Waals surface area (Å²) in [6, 6.07) is 16.6. The Kier molecular flexibility index (Phi) is 6.98. The van der Waals surface area contributed by atoms with Gasteiger partial charge in [0.2, 0.25) is 5.91 Å². The highest BCUT2D eigenvalue weighted by atomic mass is 16.5. The average molecular weight is 342 g/mol. The van der Waals surface area contributed by atoms with Crippen molar-refractivity contribution in [1.29, 1.82) is 0 Å². The fourth-order valence-electron chi connectivity index (χ4n) is 2.27. The molecule has 2 aromatic rings. The van der Waals surface area contributed by atoms with Gasteiger partial charge in [0.25, 0.3) is 5.91 Å². The predicted molar refractivity (Wildman–Crippen MR) is 97.9 cm³/mol. The molecule has 1 atom stereocenters.